The van der Waals surface area contributed by atoms with Gasteiger partial charge in [-0.2, -0.15) is 0 Å². The van der Waals surface area contributed by atoms with Crippen LogP contribution in [0.3, 0.4) is 0 Å². The number of rotatable bonds is 1. The molecule has 0 saturated heterocycles. The minimum absolute atomic E-state index is 0.468. The van der Waals surface area contributed by atoms with E-state index in [0.717, 1.165) is 5.92 Å². The quantitative estimate of drug-likeness (QED) is 0.553. The van der Waals surface area contributed by atoms with E-state index in [1.165, 1.54) is 31.3 Å². The first-order chi connectivity index (χ1) is 4.70. The summed E-state index contributed by atoms with van der Waals surface area (Å²) in [5.74, 6) is 0.764. The lowest BCUT2D eigenvalue weighted by Crippen LogP contribution is -2.26. The Bertz CT molecular complexity index is 121. The van der Waals surface area contributed by atoms with Gasteiger partial charge in [0.2, 0.25) is 0 Å². The molecular weight excluding hydrogens is 122 g/mol. The number of allylic oxidation sites excluding steroid dienone is 1. The summed E-state index contributed by atoms with van der Waals surface area (Å²) < 4.78 is 0. The standard InChI is InChI=1S/C9H17N/c1-7(2)8-3-5-9(10)6-4-8/h8-9H,1,3-6,10H2,2H3. The fraction of sp³-hybridized carbons (Fsp3) is 0.778. The molecule has 0 amide bonds. The van der Waals surface area contributed by atoms with Crippen LogP contribution in [0.2, 0.25) is 0 Å². The molecule has 1 fully saturated rings. The molecule has 0 atom stereocenters. The van der Waals surface area contributed by atoms with Gasteiger partial charge in [0.15, 0.2) is 0 Å². The maximum absolute atomic E-state index is 5.77. The molecule has 1 saturated carbocycles. The smallest absolute Gasteiger partial charge is 0.00392 e. The van der Waals surface area contributed by atoms with Crippen molar-refractivity contribution in [3.05, 3.63) is 12.2 Å². The van der Waals surface area contributed by atoms with E-state index < -0.39 is 0 Å². The largest absolute Gasteiger partial charge is 0.328 e. The fourth-order valence-corrected chi connectivity index (χ4v) is 1.61. The van der Waals surface area contributed by atoms with E-state index in [0.29, 0.717) is 6.04 Å². The van der Waals surface area contributed by atoms with Crippen LogP contribution in [-0.4, -0.2) is 6.04 Å². The van der Waals surface area contributed by atoms with Crippen molar-refractivity contribution in [2.24, 2.45) is 11.7 Å². The molecule has 0 aromatic carbocycles. The number of nitrogens with two attached hydrogens (primary N) is 1. The van der Waals surface area contributed by atoms with Crippen LogP contribution in [0.1, 0.15) is 32.6 Å². The van der Waals surface area contributed by atoms with Gasteiger partial charge in [-0.1, -0.05) is 12.2 Å². The average Bonchev–Trinajstić information content (AvgIpc) is 1.88. The monoisotopic (exact) mass is 139 g/mol. The van der Waals surface area contributed by atoms with Gasteiger partial charge in [-0.25, -0.2) is 0 Å². The molecule has 1 aliphatic carbocycles. The first-order valence-corrected chi connectivity index (χ1v) is 4.11. The summed E-state index contributed by atoms with van der Waals surface area (Å²) in [7, 11) is 0. The van der Waals surface area contributed by atoms with Crippen LogP contribution in [0.15, 0.2) is 12.2 Å². The lowest BCUT2D eigenvalue weighted by Gasteiger charge is -2.25. The van der Waals surface area contributed by atoms with Gasteiger partial charge in [0, 0.05) is 6.04 Å². The van der Waals surface area contributed by atoms with E-state index in [9.17, 15) is 0 Å². The van der Waals surface area contributed by atoms with Crippen LogP contribution >= 0.6 is 0 Å². The van der Waals surface area contributed by atoms with Crippen LogP contribution in [0.4, 0.5) is 0 Å². The zero-order chi connectivity index (χ0) is 7.56. The molecule has 0 bridgehead atoms. The molecule has 58 valence electrons. The van der Waals surface area contributed by atoms with Crippen molar-refractivity contribution in [3.8, 4) is 0 Å². The van der Waals surface area contributed by atoms with Crippen molar-refractivity contribution >= 4 is 0 Å². The van der Waals surface area contributed by atoms with E-state index in [1.54, 1.807) is 0 Å². The molecule has 1 nitrogen and oxygen atoms in total. The molecular formula is C9H17N. The van der Waals surface area contributed by atoms with E-state index in [4.69, 9.17) is 5.73 Å². The second kappa shape index (κ2) is 3.20. The minimum Gasteiger partial charge on any atom is -0.328 e. The second-order valence-electron chi connectivity index (χ2n) is 3.46. The normalized spacial score (nSPS) is 33.8. The molecule has 0 aliphatic heterocycles. The van der Waals surface area contributed by atoms with Crippen LogP contribution in [0.5, 0.6) is 0 Å². The Hall–Kier alpha value is -0.300. The van der Waals surface area contributed by atoms with Crippen molar-refractivity contribution < 1.29 is 0 Å². The second-order valence-corrected chi connectivity index (χ2v) is 3.46. The third-order valence-corrected chi connectivity index (χ3v) is 2.47. The summed E-state index contributed by atoms with van der Waals surface area (Å²) in [4.78, 5) is 0. The highest BCUT2D eigenvalue weighted by atomic mass is 14.6. The van der Waals surface area contributed by atoms with Gasteiger partial charge < -0.3 is 5.73 Å². The van der Waals surface area contributed by atoms with E-state index in [1.807, 2.05) is 0 Å². The van der Waals surface area contributed by atoms with E-state index in [2.05, 4.69) is 13.5 Å². The molecule has 1 rings (SSSR count). The molecule has 0 radical (unpaired) electrons. The summed E-state index contributed by atoms with van der Waals surface area (Å²) >= 11 is 0. The van der Waals surface area contributed by atoms with Crippen LogP contribution < -0.4 is 5.73 Å². The van der Waals surface area contributed by atoms with Gasteiger partial charge in [-0.15, -0.1) is 0 Å². The average molecular weight is 139 g/mol. The molecule has 0 aromatic rings. The maximum Gasteiger partial charge on any atom is 0.00392 e. The number of hydrogen-bond acceptors (Lipinski definition) is 1. The van der Waals surface area contributed by atoms with Crippen molar-refractivity contribution in [1.82, 2.24) is 0 Å². The highest BCUT2D eigenvalue weighted by Gasteiger charge is 2.18. The molecule has 10 heavy (non-hydrogen) atoms. The third-order valence-electron chi connectivity index (χ3n) is 2.47. The lowest BCUT2D eigenvalue weighted by atomic mass is 9.83. The maximum atomic E-state index is 5.77. The van der Waals surface area contributed by atoms with Crippen LogP contribution in [0.25, 0.3) is 0 Å². The first kappa shape index (κ1) is 7.80. The Morgan fingerprint density at radius 1 is 1.30 bits per heavy atom. The van der Waals surface area contributed by atoms with Crippen LogP contribution in [0, 0.1) is 5.92 Å². The summed E-state index contributed by atoms with van der Waals surface area (Å²) in [6.45, 7) is 6.09. The Morgan fingerprint density at radius 2 is 1.80 bits per heavy atom. The Balaban J connectivity index is 2.33. The predicted octanol–water partition coefficient (Wildman–Crippen LogP) is 2.08. The summed E-state index contributed by atoms with van der Waals surface area (Å²) in [5.41, 5.74) is 7.11. The van der Waals surface area contributed by atoms with Crippen LogP contribution in [-0.2, 0) is 0 Å². The van der Waals surface area contributed by atoms with Gasteiger partial charge in [0.1, 0.15) is 0 Å². The SMILES string of the molecule is C=C(C)C1CCC(N)CC1. The van der Waals surface area contributed by atoms with E-state index >= 15 is 0 Å². The fourth-order valence-electron chi connectivity index (χ4n) is 1.61. The van der Waals surface area contributed by atoms with Crippen molar-refractivity contribution in [2.75, 3.05) is 0 Å². The lowest BCUT2D eigenvalue weighted by molar-refractivity contribution is 0.363. The molecule has 0 spiro atoms. The molecule has 0 unspecified atom stereocenters. The molecule has 0 aromatic heterocycles. The number of hydrogen-bond donors (Lipinski definition) is 1. The highest BCUT2D eigenvalue weighted by molar-refractivity contribution is 4.98. The van der Waals surface area contributed by atoms with Gasteiger partial charge in [0.25, 0.3) is 0 Å². The Labute approximate surface area is 63.3 Å². The van der Waals surface area contributed by atoms with Gasteiger partial charge in [-0.05, 0) is 38.5 Å². The van der Waals surface area contributed by atoms with Gasteiger partial charge in [-0.3, -0.25) is 0 Å². The summed E-state index contributed by atoms with van der Waals surface area (Å²) in [5, 5.41) is 0. The predicted molar refractivity (Wildman–Crippen MR) is 44.7 cm³/mol. The first-order valence-electron chi connectivity index (χ1n) is 4.11. The zero-order valence-corrected chi connectivity index (χ0v) is 6.77. The van der Waals surface area contributed by atoms with Gasteiger partial charge >= 0.3 is 0 Å². The summed E-state index contributed by atoms with van der Waals surface area (Å²) in [6, 6.07) is 0.468. The molecule has 2 N–H and O–H groups in total. The topological polar surface area (TPSA) is 26.0 Å². The Kier molecular flexibility index (Phi) is 2.50. The molecule has 1 heteroatoms. The molecule has 0 heterocycles. The van der Waals surface area contributed by atoms with Crippen molar-refractivity contribution in [2.45, 2.75) is 38.6 Å². The highest BCUT2D eigenvalue weighted by Crippen LogP contribution is 2.27. The third kappa shape index (κ3) is 1.84. The van der Waals surface area contributed by atoms with Crippen molar-refractivity contribution in [3.63, 3.8) is 0 Å². The van der Waals surface area contributed by atoms with Crippen molar-refractivity contribution in [1.29, 1.82) is 0 Å². The minimum atomic E-state index is 0.468. The Morgan fingerprint density at radius 3 is 2.20 bits per heavy atom. The summed E-state index contributed by atoms with van der Waals surface area (Å²) in [6.07, 6.45) is 4.90. The van der Waals surface area contributed by atoms with Gasteiger partial charge in [0.05, 0.1) is 0 Å². The molecule has 1 aliphatic rings. The van der Waals surface area contributed by atoms with E-state index in [-0.39, 0.29) is 0 Å². The zero-order valence-electron chi connectivity index (χ0n) is 6.77.